The molecule has 0 aromatic heterocycles. The minimum absolute atomic E-state index is 0.0965. The molecule has 1 spiro atoms. The zero-order valence-electron chi connectivity index (χ0n) is 13.8. The van der Waals surface area contributed by atoms with E-state index in [0.717, 1.165) is 25.9 Å². The summed E-state index contributed by atoms with van der Waals surface area (Å²) >= 11 is 0. The highest BCUT2D eigenvalue weighted by atomic mass is 16.6. The predicted molar refractivity (Wildman–Crippen MR) is 80.5 cm³/mol. The third kappa shape index (κ3) is 2.59. The van der Waals surface area contributed by atoms with E-state index >= 15 is 0 Å². The first-order valence-corrected chi connectivity index (χ1v) is 8.04. The summed E-state index contributed by atoms with van der Waals surface area (Å²) in [4.78, 5) is 10.8. The van der Waals surface area contributed by atoms with Gasteiger partial charge in [0.15, 0.2) is 0 Å². The Labute approximate surface area is 131 Å². The van der Waals surface area contributed by atoms with E-state index in [4.69, 9.17) is 18.9 Å². The summed E-state index contributed by atoms with van der Waals surface area (Å²) in [5.41, 5.74) is 0.871. The zero-order valence-corrected chi connectivity index (χ0v) is 13.8. The van der Waals surface area contributed by atoms with Gasteiger partial charge in [0.25, 0.3) is 6.47 Å². The van der Waals surface area contributed by atoms with Crippen LogP contribution in [0.2, 0.25) is 0 Å². The lowest BCUT2D eigenvalue weighted by atomic mass is 9.68. The first-order chi connectivity index (χ1) is 10.5. The van der Waals surface area contributed by atoms with E-state index in [2.05, 4.69) is 26.8 Å². The maximum atomic E-state index is 10.8. The molecule has 5 heteroatoms. The minimum Gasteiger partial charge on any atom is -0.462 e. The van der Waals surface area contributed by atoms with Gasteiger partial charge in [0.05, 0.1) is 18.6 Å². The van der Waals surface area contributed by atoms with Crippen molar-refractivity contribution in [3.05, 3.63) is 11.6 Å². The molecule has 2 saturated heterocycles. The fourth-order valence-electron chi connectivity index (χ4n) is 4.16. The fraction of sp³-hybridized carbons (Fsp3) is 0.824. The lowest BCUT2D eigenvalue weighted by Crippen LogP contribution is -2.55. The molecule has 2 aliphatic heterocycles. The van der Waals surface area contributed by atoms with Gasteiger partial charge in [-0.15, -0.1) is 0 Å². The summed E-state index contributed by atoms with van der Waals surface area (Å²) in [7, 11) is 1.68. The largest absolute Gasteiger partial charge is 0.462 e. The highest BCUT2D eigenvalue weighted by Gasteiger charge is 2.72. The maximum absolute atomic E-state index is 10.8. The number of carbonyl (C=O) groups is 1. The molecule has 2 heterocycles. The average molecular weight is 310 g/mol. The molecule has 0 N–H and O–H groups in total. The molecule has 5 nitrogen and oxygen atoms in total. The van der Waals surface area contributed by atoms with Crippen molar-refractivity contribution >= 4 is 6.47 Å². The van der Waals surface area contributed by atoms with Crippen LogP contribution in [0.4, 0.5) is 0 Å². The van der Waals surface area contributed by atoms with Crippen LogP contribution in [-0.4, -0.2) is 49.7 Å². The van der Waals surface area contributed by atoms with E-state index in [-0.39, 0.29) is 35.4 Å². The van der Waals surface area contributed by atoms with Gasteiger partial charge in [-0.2, -0.15) is 0 Å². The number of ether oxygens (including phenoxy) is 4. The summed E-state index contributed by atoms with van der Waals surface area (Å²) in [6.45, 7) is 7.60. The van der Waals surface area contributed by atoms with E-state index < -0.39 is 0 Å². The molecule has 1 saturated carbocycles. The van der Waals surface area contributed by atoms with Crippen molar-refractivity contribution < 1.29 is 23.7 Å². The number of allylic oxidation sites excluding steroid dienone is 1. The van der Waals surface area contributed by atoms with Crippen LogP contribution in [-0.2, 0) is 23.7 Å². The van der Waals surface area contributed by atoms with Crippen LogP contribution in [0.25, 0.3) is 0 Å². The van der Waals surface area contributed by atoms with Gasteiger partial charge in [-0.1, -0.05) is 11.6 Å². The Morgan fingerprint density at radius 2 is 2.14 bits per heavy atom. The number of methoxy groups -OCH3 is 1. The van der Waals surface area contributed by atoms with E-state index in [9.17, 15) is 4.79 Å². The summed E-state index contributed by atoms with van der Waals surface area (Å²) in [6, 6.07) is 0. The molecule has 22 heavy (non-hydrogen) atoms. The molecule has 0 aromatic carbocycles. The van der Waals surface area contributed by atoms with Crippen molar-refractivity contribution in [2.45, 2.75) is 69.5 Å². The lowest BCUT2D eigenvalue weighted by molar-refractivity contribution is -0.158. The van der Waals surface area contributed by atoms with E-state index in [0.29, 0.717) is 6.47 Å². The molecule has 0 radical (unpaired) electrons. The van der Waals surface area contributed by atoms with Crippen molar-refractivity contribution in [3.63, 3.8) is 0 Å². The summed E-state index contributed by atoms with van der Waals surface area (Å²) in [6.07, 6.45) is 4.57. The van der Waals surface area contributed by atoms with Crippen LogP contribution in [0, 0.1) is 5.92 Å². The molecule has 0 amide bonds. The van der Waals surface area contributed by atoms with Gasteiger partial charge < -0.3 is 18.9 Å². The Bertz CT molecular complexity index is 466. The third-order valence-electron chi connectivity index (χ3n) is 5.47. The summed E-state index contributed by atoms with van der Waals surface area (Å²) in [5, 5.41) is 0. The number of hydrogen-bond acceptors (Lipinski definition) is 5. The Balaban J connectivity index is 1.79. The molecular weight excluding hydrogens is 284 g/mol. The number of hydrogen-bond donors (Lipinski definition) is 0. The topological polar surface area (TPSA) is 60.6 Å². The molecule has 3 fully saturated rings. The fourth-order valence-corrected chi connectivity index (χ4v) is 4.16. The smallest absolute Gasteiger partial charge is 0.293 e. The van der Waals surface area contributed by atoms with Crippen LogP contribution in [0.1, 0.15) is 40.0 Å². The highest BCUT2D eigenvalue weighted by molar-refractivity contribution is 5.38. The predicted octanol–water partition coefficient (Wildman–Crippen LogP) is 2.24. The Morgan fingerprint density at radius 1 is 1.41 bits per heavy atom. The molecule has 3 rings (SSSR count). The molecule has 0 unspecified atom stereocenters. The average Bonchev–Trinajstić information content (AvgIpc) is 3.37. The summed E-state index contributed by atoms with van der Waals surface area (Å²) in [5.74, 6) is 0.0965. The quantitative estimate of drug-likeness (QED) is 0.428. The van der Waals surface area contributed by atoms with Gasteiger partial charge in [-0.25, -0.2) is 0 Å². The van der Waals surface area contributed by atoms with Crippen molar-refractivity contribution in [2.24, 2.45) is 5.92 Å². The minimum atomic E-state index is -0.270. The van der Waals surface area contributed by atoms with Gasteiger partial charge >= 0.3 is 0 Å². The van der Waals surface area contributed by atoms with Crippen molar-refractivity contribution in [2.75, 3.05) is 13.7 Å². The van der Waals surface area contributed by atoms with Crippen molar-refractivity contribution in [1.29, 1.82) is 0 Å². The normalized spacial score (nSPS) is 46.2. The molecule has 1 aliphatic carbocycles. The number of rotatable bonds is 6. The van der Waals surface area contributed by atoms with Gasteiger partial charge in [0.2, 0.25) is 0 Å². The van der Waals surface area contributed by atoms with Crippen LogP contribution in [0.5, 0.6) is 0 Å². The van der Waals surface area contributed by atoms with E-state index in [1.165, 1.54) is 5.57 Å². The second-order valence-corrected chi connectivity index (χ2v) is 7.15. The molecule has 0 bridgehead atoms. The second kappa shape index (κ2) is 5.62. The monoisotopic (exact) mass is 310 g/mol. The van der Waals surface area contributed by atoms with E-state index in [1.54, 1.807) is 7.11 Å². The van der Waals surface area contributed by atoms with Gasteiger partial charge in [-0.3, -0.25) is 4.79 Å². The Kier molecular flexibility index (Phi) is 4.08. The first kappa shape index (κ1) is 16.0. The number of carbonyl (C=O) groups excluding carboxylic acids is 1. The number of epoxide rings is 2. The molecular formula is C17H26O5. The lowest BCUT2D eigenvalue weighted by Gasteiger charge is -2.42. The van der Waals surface area contributed by atoms with Crippen LogP contribution in [0.15, 0.2) is 11.6 Å². The van der Waals surface area contributed by atoms with Gasteiger partial charge in [-0.05, 0) is 40.0 Å². The highest BCUT2D eigenvalue weighted by Crippen LogP contribution is 2.59. The van der Waals surface area contributed by atoms with Crippen molar-refractivity contribution in [3.8, 4) is 0 Å². The first-order valence-electron chi connectivity index (χ1n) is 8.04. The van der Waals surface area contributed by atoms with Crippen LogP contribution in [0.3, 0.4) is 0 Å². The van der Waals surface area contributed by atoms with Crippen LogP contribution < -0.4 is 0 Å². The standard InChI is InChI=1S/C17H26O5/c1-11(2)5-6-13-16(3,22-13)15-14(19-4)12(20-10-18)7-8-17(15)9-21-17/h5,10,12-15H,6-9H2,1-4H3/t12-,13-,14-,15-,16+,17+/m1/s1. The molecule has 6 atom stereocenters. The Morgan fingerprint density at radius 3 is 2.68 bits per heavy atom. The third-order valence-corrected chi connectivity index (χ3v) is 5.47. The van der Waals surface area contributed by atoms with Crippen molar-refractivity contribution in [1.82, 2.24) is 0 Å². The zero-order chi connectivity index (χ0) is 16.0. The summed E-state index contributed by atoms with van der Waals surface area (Å²) < 4.78 is 22.9. The SMILES string of the molecule is CO[C@@H]1[C@H](OC=O)CC[C@]2(CO2)[C@H]1[C@@]1(C)O[C@@H]1CC=C(C)C. The molecule has 0 aromatic rings. The van der Waals surface area contributed by atoms with E-state index in [1.807, 2.05) is 0 Å². The van der Waals surface area contributed by atoms with Gasteiger partial charge in [0.1, 0.15) is 23.4 Å². The molecule has 124 valence electrons. The van der Waals surface area contributed by atoms with Crippen LogP contribution >= 0.6 is 0 Å². The second-order valence-electron chi connectivity index (χ2n) is 7.15. The maximum Gasteiger partial charge on any atom is 0.293 e. The van der Waals surface area contributed by atoms with Gasteiger partial charge in [0, 0.05) is 7.11 Å². The molecule has 3 aliphatic rings. The Hall–Kier alpha value is -0.910.